The summed E-state index contributed by atoms with van der Waals surface area (Å²) in [4.78, 5) is 25.6. The van der Waals surface area contributed by atoms with Gasteiger partial charge in [0.1, 0.15) is 5.60 Å². The number of carbonyl (C=O) groups is 2. The van der Waals surface area contributed by atoms with Gasteiger partial charge in [-0.15, -0.1) is 0 Å². The van der Waals surface area contributed by atoms with Crippen molar-refractivity contribution in [3.8, 4) is 0 Å². The molecule has 5 nitrogen and oxygen atoms in total. The van der Waals surface area contributed by atoms with Gasteiger partial charge in [0.2, 0.25) is 0 Å². The summed E-state index contributed by atoms with van der Waals surface area (Å²) in [7, 11) is 0. The van der Waals surface area contributed by atoms with Gasteiger partial charge in [0.05, 0.1) is 11.5 Å². The fourth-order valence-electron chi connectivity index (χ4n) is 2.92. The molecule has 1 atom stereocenters. The van der Waals surface area contributed by atoms with E-state index in [1.165, 1.54) is 4.90 Å². The van der Waals surface area contributed by atoms with Gasteiger partial charge in [-0.1, -0.05) is 42.5 Å². The molecule has 1 heterocycles. The highest BCUT2D eigenvalue weighted by atomic mass is 16.6. The summed E-state index contributed by atoms with van der Waals surface area (Å²) in [5.74, 6) is -1.23. The molecule has 1 aromatic rings. The molecular weight excluding hydrogens is 306 g/mol. The highest BCUT2D eigenvalue weighted by Crippen LogP contribution is 2.34. The summed E-state index contributed by atoms with van der Waals surface area (Å²) in [6.07, 6.45) is 4.23. The first-order chi connectivity index (χ1) is 11.2. The van der Waals surface area contributed by atoms with Crippen LogP contribution in [0.15, 0.2) is 36.4 Å². The average molecular weight is 330 g/mol. The van der Waals surface area contributed by atoms with Gasteiger partial charge in [0, 0.05) is 6.54 Å². The number of ether oxygens (including phenoxy) is 1. The van der Waals surface area contributed by atoms with Crippen LogP contribution in [0.25, 0.3) is 6.08 Å². The number of carbonyl (C=O) groups excluding carboxylic acids is 2. The molecule has 0 N–H and O–H groups in total. The van der Waals surface area contributed by atoms with Gasteiger partial charge in [-0.2, -0.15) is 0 Å². The van der Waals surface area contributed by atoms with Crippen LogP contribution in [0, 0.1) is 0 Å². The van der Waals surface area contributed by atoms with Gasteiger partial charge in [0.15, 0.2) is 0 Å². The molecule has 0 unspecified atom stereocenters. The summed E-state index contributed by atoms with van der Waals surface area (Å²) in [6.45, 7) is 5.65. The molecule has 1 aliphatic heterocycles. The molecule has 5 heteroatoms. The third-order valence-corrected chi connectivity index (χ3v) is 4.05. The number of rotatable bonds is 4. The maximum absolute atomic E-state index is 12.4. The van der Waals surface area contributed by atoms with E-state index in [0.29, 0.717) is 19.4 Å². The molecule has 1 aromatic carbocycles. The van der Waals surface area contributed by atoms with Crippen LogP contribution in [0.3, 0.4) is 0 Å². The molecule has 0 bridgehead atoms. The Kier molecular flexibility index (Phi) is 5.32. The third kappa shape index (κ3) is 4.16. The lowest BCUT2D eigenvalue weighted by atomic mass is 9.91. The fraction of sp³-hybridized carbons (Fsp3) is 0.474. The highest BCUT2D eigenvalue weighted by Gasteiger charge is 2.45. The number of amides is 1. The van der Waals surface area contributed by atoms with Crippen LogP contribution in [0.5, 0.6) is 0 Å². The van der Waals surface area contributed by atoms with Crippen LogP contribution in [0.4, 0.5) is 4.79 Å². The number of likely N-dealkylation sites (tertiary alicyclic amines) is 1. The zero-order valence-corrected chi connectivity index (χ0v) is 14.5. The standard InChI is InChI=1S/C19H25NO4/c1-18(2,3)24-17(23)20-14-8-13-19(20,16(21)22)12-7-11-15-9-5-4-6-10-15/h4-7,9-11H,8,12-14H2,1-3H3,(H,21,22)/p-1/b11-7+/t19-/m0/s1. The lowest BCUT2D eigenvalue weighted by molar-refractivity contribution is -0.317. The van der Waals surface area contributed by atoms with Crippen molar-refractivity contribution in [1.29, 1.82) is 0 Å². The predicted octanol–water partition coefficient (Wildman–Crippen LogP) is 2.61. The molecule has 1 amide bonds. The van der Waals surface area contributed by atoms with Gasteiger partial charge in [-0.05, 0) is 45.6 Å². The summed E-state index contributed by atoms with van der Waals surface area (Å²) >= 11 is 0. The number of hydrogen-bond donors (Lipinski definition) is 0. The smallest absolute Gasteiger partial charge is 0.411 e. The van der Waals surface area contributed by atoms with Crippen molar-refractivity contribution in [2.24, 2.45) is 0 Å². The molecule has 0 spiro atoms. The van der Waals surface area contributed by atoms with Gasteiger partial charge in [-0.3, -0.25) is 4.90 Å². The quantitative estimate of drug-likeness (QED) is 0.851. The van der Waals surface area contributed by atoms with Crippen LogP contribution in [0.1, 0.15) is 45.6 Å². The van der Waals surface area contributed by atoms with Crippen molar-refractivity contribution in [2.75, 3.05) is 6.54 Å². The van der Waals surface area contributed by atoms with E-state index in [-0.39, 0.29) is 6.42 Å². The minimum Gasteiger partial charge on any atom is -0.548 e. The molecule has 0 saturated carbocycles. The van der Waals surface area contributed by atoms with Crippen LogP contribution in [-0.2, 0) is 9.53 Å². The average Bonchev–Trinajstić information content (AvgIpc) is 2.92. The zero-order valence-electron chi connectivity index (χ0n) is 14.5. The van der Waals surface area contributed by atoms with Crippen molar-refractivity contribution < 1.29 is 19.4 Å². The van der Waals surface area contributed by atoms with Crippen molar-refractivity contribution in [2.45, 2.75) is 51.2 Å². The van der Waals surface area contributed by atoms with Gasteiger partial charge in [0.25, 0.3) is 0 Å². The second kappa shape index (κ2) is 7.07. The molecular formula is C19H24NO4-. The minimum absolute atomic E-state index is 0.198. The molecule has 1 fully saturated rings. The lowest BCUT2D eigenvalue weighted by Gasteiger charge is -2.39. The first kappa shape index (κ1) is 18.0. The number of nitrogens with zero attached hydrogens (tertiary/aromatic N) is 1. The van der Waals surface area contributed by atoms with E-state index in [1.54, 1.807) is 26.8 Å². The van der Waals surface area contributed by atoms with Crippen molar-refractivity contribution in [1.82, 2.24) is 4.90 Å². The summed E-state index contributed by atoms with van der Waals surface area (Å²) < 4.78 is 5.36. The Hall–Kier alpha value is -2.30. The normalized spacial score (nSPS) is 21.2. The van der Waals surface area contributed by atoms with E-state index < -0.39 is 23.2 Å². The molecule has 0 aromatic heterocycles. The topological polar surface area (TPSA) is 69.7 Å². The molecule has 1 saturated heterocycles. The van der Waals surface area contributed by atoms with E-state index >= 15 is 0 Å². The number of aliphatic carboxylic acids is 1. The largest absolute Gasteiger partial charge is 0.548 e. The second-order valence-corrected chi connectivity index (χ2v) is 7.07. The lowest BCUT2D eigenvalue weighted by Crippen LogP contribution is -2.59. The fourth-order valence-corrected chi connectivity index (χ4v) is 2.92. The second-order valence-electron chi connectivity index (χ2n) is 7.07. The molecule has 0 radical (unpaired) electrons. The summed E-state index contributed by atoms with van der Waals surface area (Å²) in [5, 5.41) is 11.9. The number of carboxylic acids is 1. The van der Waals surface area contributed by atoms with E-state index in [9.17, 15) is 14.7 Å². The first-order valence-corrected chi connectivity index (χ1v) is 8.18. The van der Waals surface area contributed by atoms with Crippen molar-refractivity contribution in [3.63, 3.8) is 0 Å². The van der Waals surface area contributed by atoms with E-state index in [2.05, 4.69) is 0 Å². The number of hydrogen-bond acceptors (Lipinski definition) is 4. The van der Waals surface area contributed by atoms with Crippen LogP contribution < -0.4 is 5.11 Å². The Morgan fingerprint density at radius 2 is 1.96 bits per heavy atom. The summed E-state index contributed by atoms with van der Waals surface area (Å²) in [6, 6.07) is 9.61. The Morgan fingerprint density at radius 1 is 1.29 bits per heavy atom. The monoisotopic (exact) mass is 330 g/mol. The third-order valence-electron chi connectivity index (χ3n) is 4.05. The van der Waals surface area contributed by atoms with Crippen LogP contribution in [-0.4, -0.2) is 34.6 Å². The van der Waals surface area contributed by atoms with Crippen molar-refractivity contribution in [3.05, 3.63) is 42.0 Å². The predicted molar refractivity (Wildman–Crippen MR) is 90.0 cm³/mol. The Balaban J connectivity index is 2.18. The Morgan fingerprint density at radius 3 is 2.54 bits per heavy atom. The van der Waals surface area contributed by atoms with Gasteiger partial charge >= 0.3 is 6.09 Å². The summed E-state index contributed by atoms with van der Waals surface area (Å²) in [5.41, 5.74) is -1.03. The maximum Gasteiger partial charge on any atom is 0.411 e. The first-order valence-electron chi connectivity index (χ1n) is 8.18. The molecule has 24 heavy (non-hydrogen) atoms. The highest BCUT2D eigenvalue weighted by molar-refractivity contribution is 5.84. The van der Waals surface area contributed by atoms with Crippen LogP contribution in [0.2, 0.25) is 0 Å². The molecule has 130 valence electrons. The van der Waals surface area contributed by atoms with Gasteiger partial charge in [-0.25, -0.2) is 4.79 Å². The molecule has 2 rings (SSSR count). The molecule has 1 aliphatic rings. The van der Waals surface area contributed by atoms with E-state index in [0.717, 1.165) is 5.56 Å². The Labute approximate surface area is 142 Å². The van der Waals surface area contributed by atoms with Crippen molar-refractivity contribution >= 4 is 18.1 Å². The van der Waals surface area contributed by atoms with Gasteiger partial charge < -0.3 is 14.6 Å². The number of benzene rings is 1. The minimum atomic E-state index is -1.34. The zero-order chi connectivity index (χ0) is 17.8. The maximum atomic E-state index is 12.4. The molecule has 0 aliphatic carbocycles. The number of carboxylic acid groups (broad SMARTS) is 1. The van der Waals surface area contributed by atoms with Crippen LogP contribution >= 0.6 is 0 Å². The SMILES string of the molecule is CC(C)(C)OC(=O)N1CCC[C@@]1(C/C=C/c1ccccc1)C(=O)[O-]. The van der Waals surface area contributed by atoms with E-state index in [1.807, 2.05) is 36.4 Å². The van der Waals surface area contributed by atoms with E-state index in [4.69, 9.17) is 4.74 Å². The Bertz CT molecular complexity index is 618.